The first-order chi connectivity index (χ1) is 7.54. The van der Waals surface area contributed by atoms with Gasteiger partial charge in [-0.15, -0.1) is 0 Å². The van der Waals surface area contributed by atoms with Gasteiger partial charge in [0.1, 0.15) is 6.07 Å². The molecule has 1 N–H and O–H groups in total. The van der Waals surface area contributed by atoms with Crippen molar-refractivity contribution >= 4 is 23.2 Å². The summed E-state index contributed by atoms with van der Waals surface area (Å²) in [4.78, 5) is 12.8. The Kier molecular flexibility index (Phi) is 4.15. The third-order valence-electron chi connectivity index (χ3n) is 2.03. The fourth-order valence-electron chi connectivity index (χ4n) is 1.09. The second-order valence-corrected chi connectivity index (χ2v) is 3.88. The number of hydrogen-bond acceptors (Lipinski definition) is 3. The molecule has 16 heavy (non-hydrogen) atoms. The lowest BCUT2D eigenvalue weighted by Crippen LogP contribution is -2.28. The summed E-state index contributed by atoms with van der Waals surface area (Å²) in [5.74, 6) is -0.0659. The predicted octanol–water partition coefficient (Wildman–Crippen LogP) is 1.71. The van der Waals surface area contributed by atoms with Gasteiger partial charge in [0.05, 0.1) is 17.8 Å². The van der Waals surface area contributed by atoms with E-state index >= 15 is 0 Å². The first-order valence-corrected chi connectivity index (χ1v) is 5.06. The molecule has 0 heterocycles. The Balaban J connectivity index is 2.77. The quantitative estimate of drug-likeness (QED) is 0.871. The number of halogens is 1. The monoisotopic (exact) mass is 237 g/mol. The zero-order valence-corrected chi connectivity index (χ0v) is 9.88. The van der Waals surface area contributed by atoms with Crippen LogP contribution in [0.15, 0.2) is 18.2 Å². The van der Waals surface area contributed by atoms with Crippen molar-refractivity contribution in [1.82, 2.24) is 4.90 Å². The molecule has 0 bridgehead atoms. The SMILES string of the molecule is CN(C)C(=O)CNc1cc(Cl)ccc1C#N. The Labute approximate surface area is 99.4 Å². The summed E-state index contributed by atoms with van der Waals surface area (Å²) < 4.78 is 0. The van der Waals surface area contributed by atoms with Gasteiger partial charge in [0.15, 0.2) is 0 Å². The van der Waals surface area contributed by atoms with E-state index in [1.807, 2.05) is 6.07 Å². The number of carbonyl (C=O) groups is 1. The highest BCUT2D eigenvalue weighted by molar-refractivity contribution is 6.30. The molecule has 0 aliphatic rings. The minimum Gasteiger partial charge on any atom is -0.375 e. The Bertz CT molecular complexity index is 437. The molecule has 0 aliphatic carbocycles. The van der Waals surface area contributed by atoms with Crippen LogP contribution in [0.5, 0.6) is 0 Å². The molecule has 0 spiro atoms. The number of nitriles is 1. The number of rotatable bonds is 3. The molecule has 0 radical (unpaired) electrons. The van der Waals surface area contributed by atoms with Gasteiger partial charge in [0.2, 0.25) is 5.91 Å². The molecule has 0 atom stereocenters. The van der Waals surface area contributed by atoms with Crippen molar-refractivity contribution in [2.24, 2.45) is 0 Å². The summed E-state index contributed by atoms with van der Waals surface area (Å²) >= 11 is 5.81. The average molecular weight is 238 g/mol. The summed E-state index contributed by atoms with van der Waals surface area (Å²) in [6.45, 7) is 0.141. The summed E-state index contributed by atoms with van der Waals surface area (Å²) in [7, 11) is 3.35. The highest BCUT2D eigenvalue weighted by atomic mass is 35.5. The van der Waals surface area contributed by atoms with Crippen LogP contribution in [-0.4, -0.2) is 31.4 Å². The van der Waals surface area contributed by atoms with Crippen LogP contribution >= 0.6 is 11.6 Å². The number of likely N-dealkylation sites (N-methyl/N-ethyl adjacent to an activating group) is 1. The summed E-state index contributed by atoms with van der Waals surface area (Å²) in [5.41, 5.74) is 1.04. The zero-order valence-electron chi connectivity index (χ0n) is 9.12. The molecular formula is C11H12ClN3O. The largest absolute Gasteiger partial charge is 0.375 e. The summed E-state index contributed by atoms with van der Waals surface area (Å²) in [5, 5.41) is 12.3. The fraction of sp³-hybridized carbons (Fsp3) is 0.273. The molecule has 1 rings (SSSR count). The second-order valence-electron chi connectivity index (χ2n) is 3.44. The van der Waals surface area contributed by atoms with Crippen molar-refractivity contribution in [3.63, 3.8) is 0 Å². The van der Waals surface area contributed by atoms with Gasteiger partial charge in [-0.1, -0.05) is 11.6 Å². The van der Waals surface area contributed by atoms with Crippen molar-refractivity contribution in [1.29, 1.82) is 5.26 Å². The van der Waals surface area contributed by atoms with Gasteiger partial charge in [0, 0.05) is 19.1 Å². The normalized spacial score (nSPS) is 9.38. The maximum Gasteiger partial charge on any atom is 0.241 e. The third kappa shape index (κ3) is 3.14. The van der Waals surface area contributed by atoms with E-state index in [1.54, 1.807) is 32.3 Å². The molecule has 0 aliphatic heterocycles. The number of anilines is 1. The third-order valence-corrected chi connectivity index (χ3v) is 2.27. The molecule has 0 saturated heterocycles. The van der Waals surface area contributed by atoms with Crippen LogP contribution in [0, 0.1) is 11.3 Å². The van der Waals surface area contributed by atoms with Crippen LogP contribution in [0.25, 0.3) is 0 Å². The molecule has 1 aromatic rings. The van der Waals surface area contributed by atoms with Gasteiger partial charge in [0.25, 0.3) is 0 Å². The number of amides is 1. The number of nitrogens with one attached hydrogen (secondary N) is 1. The van der Waals surface area contributed by atoms with Crippen LogP contribution in [0.4, 0.5) is 5.69 Å². The highest BCUT2D eigenvalue weighted by Crippen LogP contribution is 2.19. The maximum absolute atomic E-state index is 11.3. The van der Waals surface area contributed by atoms with Crippen molar-refractivity contribution in [2.75, 3.05) is 26.0 Å². The van der Waals surface area contributed by atoms with E-state index < -0.39 is 0 Å². The maximum atomic E-state index is 11.3. The molecule has 1 aromatic carbocycles. The first kappa shape index (κ1) is 12.3. The van der Waals surface area contributed by atoms with Crippen LogP contribution in [0.1, 0.15) is 5.56 Å². The van der Waals surface area contributed by atoms with Crippen molar-refractivity contribution < 1.29 is 4.79 Å². The standard InChI is InChI=1S/C11H12ClN3O/c1-15(2)11(16)7-14-10-5-9(12)4-3-8(10)6-13/h3-5,14H,7H2,1-2H3. The lowest BCUT2D eigenvalue weighted by atomic mass is 10.2. The van der Waals surface area contributed by atoms with E-state index in [-0.39, 0.29) is 12.5 Å². The van der Waals surface area contributed by atoms with Crippen molar-refractivity contribution in [3.05, 3.63) is 28.8 Å². The van der Waals surface area contributed by atoms with Crippen molar-refractivity contribution in [2.45, 2.75) is 0 Å². The van der Waals surface area contributed by atoms with E-state index in [1.165, 1.54) is 4.90 Å². The van der Waals surface area contributed by atoms with Crippen molar-refractivity contribution in [3.8, 4) is 6.07 Å². The molecule has 0 unspecified atom stereocenters. The number of carbonyl (C=O) groups excluding carboxylic acids is 1. The smallest absolute Gasteiger partial charge is 0.241 e. The van der Waals surface area contributed by atoms with E-state index in [4.69, 9.17) is 16.9 Å². The second kappa shape index (κ2) is 5.38. The summed E-state index contributed by atoms with van der Waals surface area (Å²) in [6, 6.07) is 6.91. The van der Waals surface area contributed by atoms with Crippen LogP contribution in [-0.2, 0) is 4.79 Å². The molecule has 4 nitrogen and oxygen atoms in total. The van der Waals surface area contributed by atoms with Crippen LogP contribution in [0.2, 0.25) is 5.02 Å². The van der Waals surface area contributed by atoms with Gasteiger partial charge >= 0.3 is 0 Å². The van der Waals surface area contributed by atoms with Gasteiger partial charge in [-0.05, 0) is 18.2 Å². The molecular weight excluding hydrogens is 226 g/mol. The van der Waals surface area contributed by atoms with Gasteiger partial charge in [-0.3, -0.25) is 4.79 Å². The zero-order chi connectivity index (χ0) is 12.1. The number of hydrogen-bond donors (Lipinski definition) is 1. The van der Waals surface area contributed by atoms with E-state index in [0.717, 1.165) is 0 Å². The topological polar surface area (TPSA) is 56.1 Å². The fourth-order valence-corrected chi connectivity index (χ4v) is 1.26. The van der Waals surface area contributed by atoms with E-state index in [0.29, 0.717) is 16.3 Å². The Morgan fingerprint density at radius 1 is 1.56 bits per heavy atom. The van der Waals surface area contributed by atoms with E-state index in [9.17, 15) is 4.79 Å². The minimum absolute atomic E-state index is 0.0659. The Morgan fingerprint density at radius 3 is 2.81 bits per heavy atom. The highest BCUT2D eigenvalue weighted by Gasteiger charge is 2.06. The molecule has 5 heteroatoms. The Hall–Kier alpha value is -1.73. The first-order valence-electron chi connectivity index (χ1n) is 4.68. The molecule has 1 amide bonds. The molecule has 0 saturated carbocycles. The van der Waals surface area contributed by atoms with E-state index in [2.05, 4.69) is 5.32 Å². The molecule has 0 aromatic heterocycles. The van der Waals surface area contributed by atoms with Crippen LogP contribution < -0.4 is 5.32 Å². The molecule has 0 fully saturated rings. The number of benzene rings is 1. The van der Waals surface area contributed by atoms with Crippen LogP contribution in [0.3, 0.4) is 0 Å². The van der Waals surface area contributed by atoms with Gasteiger partial charge in [-0.25, -0.2) is 0 Å². The average Bonchev–Trinajstić information content (AvgIpc) is 2.25. The van der Waals surface area contributed by atoms with Gasteiger partial charge < -0.3 is 10.2 Å². The van der Waals surface area contributed by atoms with Gasteiger partial charge in [-0.2, -0.15) is 5.26 Å². The number of nitrogens with zero attached hydrogens (tertiary/aromatic N) is 2. The predicted molar refractivity (Wildman–Crippen MR) is 63.4 cm³/mol. The molecule has 84 valence electrons. The minimum atomic E-state index is -0.0659. The Morgan fingerprint density at radius 2 is 2.25 bits per heavy atom. The summed E-state index contributed by atoms with van der Waals surface area (Å²) in [6.07, 6.45) is 0. The lowest BCUT2D eigenvalue weighted by molar-refractivity contribution is -0.126. The lowest BCUT2D eigenvalue weighted by Gasteiger charge is -2.12.